The first-order valence-corrected chi connectivity index (χ1v) is 5.93. The Hall–Kier alpha value is -2.38. The van der Waals surface area contributed by atoms with Gasteiger partial charge in [-0.1, -0.05) is 0 Å². The number of nitrogens with one attached hydrogen (secondary N) is 2. The summed E-state index contributed by atoms with van der Waals surface area (Å²) in [7, 11) is 3.58. The Labute approximate surface area is 111 Å². The largest absolute Gasteiger partial charge is 0.461 e. The lowest BCUT2D eigenvalue weighted by Crippen LogP contribution is -2.11. The third kappa shape index (κ3) is 3.54. The number of aromatic nitrogens is 5. The lowest BCUT2D eigenvalue weighted by atomic mass is 10.5. The molecule has 2 rings (SSSR count). The van der Waals surface area contributed by atoms with Crippen molar-refractivity contribution in [3.8, 4) is 6.01 Å². The van der Waals surface area contributed by atoms with E-state index in [1.165, 1.54) is 0 Å². The highest BCUT2D eigenvalue weighted by Crippen LogP contribution is 2.16. The molecule has 0 spiro atoms. The van der Waals surface area contributed by atoms with Crippen LogP contribution in [0.25, 0.3) is 0 Å². The van der Waals surface area contributed by atoms with Crippen molar-refractivity contribution in [3.63, 3.8) is 0 Å². The third-order valence-corrected chi connectivity index (χ3v) is 2.14. The molecule has 2 heterocycles. The molecule has 0 aliphatic carbocycles. The molecule has 0 aromatic carbocycles. The molecule has 0 amide bonds. The zero-order chi connectivity index (χ0) is 13.8. The molecule has 0 radical (unpaired) electrons. The zero-order valence-corrected chi connectivity index (χ0v) is 11.4. The normalized spacial score (nSPS) is 10.6. The topological polar surface area (TPSA) is 89.8 Å². The van der Waals surface area contributed by atoms with Crippen LogP contribution in [-0.2, 0) is 7.05 Å². The highest BCUT2D eigenvalue weighted by atomic mass is 16.5. The summed E-state index contributed by atoms with van der Waals surface area (Å²) < 4.78 is 7.17. The predicted molar refractivity (Wildman–Crippen MR) is 71.6 cm³/mol. The van der Waals surface area contributed by atoms with Crippen molar-refractivity contribution in [1.29, 1.82) is 0 Å². The van der Waals surface area contributed by atoms with Gasteiger partial charge in [0.1, 0.15) is 0 Å². The van der Waals surface area contributed by atoms with Crippen molar-refractivity contribution in [2.75, 3.05) is 17.7 Å². The van der Waals surface area contributed by atoms with E-state index in [2.05, 4.69) is 30.7 Å². The number of hydrogen-bond acceptors (Lipinski definition) is 7. The van der Waals surface area contributed by atoms with E-state index in [0.717, 1.165) is 5.69 Å². The molecular weight excluding hydrogens is 246 g/mol. The van der Waals surface area contributed by atoms with Gasteiger partial charge in [-0.15, -0.1) is 0 Å². The molecule has 19 heavy (non-hydrogen) atoms. The maximum atomic E-state index is 5.48. The van der Waals surface area contributed by atoms with Crippen LogP contribution < -0.4 is 15.4 Å². The van der Waals surface area contributed by atoms with Crippen LogP contribution in [0, 0.1) is 0 Å². The Morgan fingerprint density at radius 2 is 1.95 bits per heavy atom. The third-order valence-electron chi connectivity index (χ3n) is 2.14. The summed E-state index contributed by atoms with van der Waals surface area (Å²) in [6.45, 7) is 3.83. The molecular formula is C11H17N7O. The summed E-state index contributed by atoms with van der Waals surface area (Å²) in [6, 6.07) is 0.278. The number of hydrogen-bond donors (Lipinski definition) is 2. The summed E-state index contributed by atoms with van der Waals surface area (Å²) >= 11 is 0. The average molecular weight is 263 g/mol. The first kappa shape index (κ1) is 13.1. The van der Waals surface area contributed by atoms with E-state index >= 15 is 0 Å². The van der Waals surface area contributed by atoms with Gasteiger partial charge in [-0.25, -0.2) is 0 Å². The van der Waals surface area contributed by atoms with Crippen molar-refractivity contribution in [3.05, 3.63) is 12.4 Å². The van der Waals surface area contributed by atoms with Crippen molar-refractivity contribution in [2.45, 2.75) is 20.0 Å². The van der Waals surface area contributed by atoms with Gasteiger partial charge in [-0.2, -0.15) is 20.1 Å². The fraction of sp³-hybridized carbons (Fsp3) is 0.455. The molecule has 102 valence electrons. The van der Waals surface area contributed by atoms with E-state index in [9.17, 15) is 0 Å². The second-order valence-corrected chi connectivity index (χ2v) is 4.21. The van der Waals surface area contributed by atoms with E-state index in [1.807, 2.05) is 27.1 Å². The van der Waals surface area contributed by atoms with Gasteiger partial charge in [0.05, 0.1) is 18.0 Å². The van der Waals surface area contributed by atoms with Gasteiger partial charge in [0, 0.05) is 20.3 Å². The minimum Gasteiger partial charge on any atom is -0.461 e. The quantitative estimate of drug-likeness (QED) is 0.837. The summed E-state index contributed by atoms with van der Waals surface area (Å²) in [5, 5.41) is 9.98. The second-order valence-electron chi connectivity index (χ2n) is 4.21. The van der Waals surface area contributed by atoms with Crippen molar-refractivity contribution >= 4 is 17.6 Å². The first-order valence-electron chi connectivity index (χ1n) is 5.93. The van der Waals surface area contributed by atoms with Crippen molar-refractivity contribution < 1.29 is 4.74 Å². The Bertz CT molecular complexity index is 552. The standard InChI is InChI=1S/C11H17N7O/c1-7(2)19-11-16-9(12-3)15-10(17-11)14-8-5-13-18(4)6-8/h5-7H,1-4H3,(H2,12,14,15,16,17). The Morgan fingerprint density at radius 1 is 1.21 bits per heavy atom. The van der Waals surface area contributed by atoms with Crippen LogP contribution in [0.2, 0.25) is 0 Å². The highest BCUT2D eigenvalue weighted by molar-refractivity contribution is 5.51. The highest BCUT2D eigenvalue weighted by Gasteiger charge is 2.09. The number of aryl methyl sites for hydroxylation is 1. The molecule has 0 saturated heterocycles. The smallest absolute Gasteiger partial charge is 0.323 e. The number of nitrogens with zero attached hydrogens (tertiary/aromatic N) is 5. The lowest BCUT2D eigenvalue weighted by molar-refractivity contribution is 0.222. The van der Waals surface area contributed by atoms with Crippen LogP contribution in [0.1, 0.15) is 13.8 Å². The monoisotopic (exact) mass is 263 g/mol. The van der Waals surface area contributed by atoms with Crippen LogP contribution in [0.15, 0.2) is 12.4 Å². The maximum absolute atomic E-state index is 5.48. The average Bonchev–Trinajstić information content (AvgIpc) is 2.73. The number of rotatable bonds is 5. The molecule has 0 bridgehead atoms. The van der Waals surface area contributed by atoms with Crippen LogP contribution in [0.5, 0.6) is 6.01 Å². The lowest BCUT2D eigenvalue weighted by Gasteiger charge is -2.10. The summed E-state index contributed by atoms with van der Waals surface area (Å²) in [4.78, 5) is 12.5. The molecule has 0 unspecified atom stereocenters. The van der Waals surface area contributed by atoms with Gasteiger partial charge in [-0.05, 0) is 13.8 Å². The number of anilines is 3. The second kappa shape index (κ2) is 5.51. The minimum absolute atomic E-state index is 0.00153. The molecule has 0 atom stereocenters. The molecule has 0 aliphatic heterocycles. The van der Waals surface area contributed by atoms with Gasteiger partial charge in [0.2, 0.25) is 11.9 Å². The van der Waals surface area contributed by atoms with Crippen molar-refractivity contribution in [2.24, 2.45) is 7.05 Å². The van der Waals surface area contributed by atoms with Crippen LogP contribution in [0.3, 0.4) is 0 Å². The summed E-state index contributed by atoms with van der Waals surface area (Å²) in [6.07, 6.45) is 3.51. The SMILES string of the molecule is CNc1nc(Nc2cnn(C)c2)nc(OC(C)C)n1. The molecule has 0 saturated carbocycles. The van der Waals surface area contributed by atoms with E-state index in [1.54, 1.807) is 17.9 Å². The van der Waals surface area contributed by atoms with E-state index < -0.39 is 0 Å². The van der Waals surface area contributed by atoms with E-state index in [0.29, 0.717) is 11.9 Å². The number of ether oxygens (including phenoxy) is 1. The molecule has 8 nitrogen and oxygen atoms in total. The fourth-order valence-corrected chi connectivity index (χ4v) is 1.40. The van der Waals surface area contributed by atoms with Gasteiger partial charge < -0.3 is 15.4 Å². The zero-order valence-electron chi connectivity index (χ0n) is 11.4. The van der Waals surface area contributed by atoms with Gasteiger partial charge >= 0.3 is 6.01 Å². The summed E-state index contributed by atoms with van der Waals surface area (Å²) in [5.74, 6) is 0.847. The molecule has 2 aromatic heterocycles. The fourth-order valence-electron chi connectivity index (χ4n) is 1.40. The van der Waals surface area contributed by atoms with Crippen LogP contribution in [0.4, 0.5) is 17.6 Å². The molecule has 2 N–H and O–H groups in total. The molecule has 0 aliphatic rings. The Morgan fingerprint density at radius 3 is 2.53 bits per heavy atom. The Kier molecular flexibility index (Phi) is 3.79. The van der Waals surface area contributed by atoms with Crippen molar-refractivity contribution in [1.82, 2.24) is 24.7 Å². The Balaban J connectivity index is 2.23. The van der Waals surface area contributed by atoms with Gasteiger partial charge in [0.25, 0.3) is 0 Å². The van der Waals surface area contributed by atoms with Crippen LogP contribution in [-0.4, -0.2) is 37.9 Å². The summed E-state index contributed by atoms with van der Waals surface area (Å²) in [5.41, 5.74) is 0.797. The molecule has 8 heteroatoms. The van der Waals surface area contributed by atoms with Gasteiger partial charge in [-0.3, -0.25) is 4.68 Å². The predicted octanol–water partition coefficient (Wildman–Crippen LogP) is 1.18. The maximum Gasteiger partial charge on any atom is 0.323 e. The van der Waals surface area contributed by atoms with E-state index in [-0.39, 0.29) is 12.1 Å². The van der Waals surface area contributed by atoms with Gasteiger partial charge in [0.15, 0.2) is 0 Å². The molecule has 2 aromatic rings. The first-order chi connectivity index (χ1) is 9.06. The minimum atomic E-state index is -0.00153. The van der Waals surface area contributed by atoms with Crippen LogP contribution >= 0.6 is 0 Å². The molecule has 0 fully saturated rings. The van der Waals surface area contributed by atoms with E-state index in [4.69, 9.17) is 4.74 Å².